The van der Waals surface area contributed by atoms with Gasteiger partial charge >= 0.3 is 0 Å². The molecule has 3 heterocycles. The number of hydrogen-bond donors (Lipinski definition) is 2. The van der Waals surface area contributed by atoms with Crippen LogP contribution in [-0.2, 0) is 18.3 Å². The smallest absolute Gasteiger partial charge is 0.116 e. The lowest BCUT2D eigenvalue weighted by Gasteiger charge is -2.30. The van der Waals surface area contributed by atoms with Crippen LogP contribution in [0.3, 0.4) is 0 Å². The van der Waals surface area contributed by atoms with Gasteiger partial charge in [-0.1, -0.05) is 65.8 Å². The molecule has 0 radical (unpaired) electrons. The van der Waals surface area contributed by atoms with Gasteiger partial charge < -0.3 is 15.5 Å². The van der Waals surface area contributed by atoms with Crippen LogP contribution >= 0.6 is 0 Å². The maximum atomic E-state index is 13.3. The van der Waals surface area contributed by atoms with Crippen LogP contribution < -0.4 is 15.5 Å². The SMILES string of the molecule is C=C(F)/C=C\C(=C/C)Cc1cc2c(nc1CC)C(C)(C)CN2C(=C)CN1CNCC1CNCCCCC. The van der Waals surface area contributed by atoms with E-state index >= 15 is 0 Å². The largest absolute Gasteiger partial charge is 0.342 e. The predicted octanol–water partition coefficient (Wildman–Crippen LogP) is 5.79. The molecule has 1 unspecified atom stereocenters. The summed E-state index contributed by atoms with van der Waals surface area (Å²) in [6.07, 6.45) is 10.6. The summed E-state index contributed by atoms with van der Waals surface area (Å²) in [5.41, 5.74) is 6.73. The third-order valence-electron chi connectivity index (χ3n) is 7.55. The lowest BCUT2D eigenvalue weighted by atomic mass is 9.90. The van der Waals surface area contributed by atoms with Crippen molar-refractivity contribution >= 4 is 5.69 Å². The molecular weight excluding hydrogens is 461 g/mol. The second-order valence-electron chi connectivity index (χ2n) is 11.1. The van der Waals surface area contributed by atoms with Gasteiger partial charge in [0.2, 0.25) is 0 Å². The van der Waals surface area contributed by atoms with E-state index in [1.54, 1.807) is 0 Å². The van der Waals surface area contributed by atoms with Gasteiger partial charge in [-0.2, -0.15) is 0 Å². The topological polar surface area (TPSA) is 43.4 Å². The Balaban J connectivity index is 1.78. The number of halogens is 1. The Bertz CT molecular complexity index is 1010. The third kappa shape index (κ3) is 7.62. The Hall–Kier alpha value is -2.28. The number of hydrogen-bond acceptors (Lipinski definition) is 5. The molecule has 0 amide bonds. The Morgan fingerprint density at radius 2 is 2.05 bits per heavy atom. The lowest BCUT2D eigenvalue weighted by Crippen LogP contribution is -2.42. The van der Waals surface area contributed by atoms with E-state index in [0.29, 0.717) is 12.5 Å². The zero-order valence-electron chi connectivity index (χ0n) is 23.8. The van der Waals surface area contributed by atoms with E-state index in [1.807, 2.05) is 19.1 Å². The summed E-state index contributed by atoms with van der Waals surface area (Å²) in [6, 6.07) is 2.77. The van der Waals surface area contributed by atoms with Gasteiger partial charge in [-0.3, -0.25) is 9.88 Å². The highest BCUT2D eigenvalue weighted by Crippen LogP contribution is 2.42. The molecule has 2 aliphatic heterocycles. The van der Waals surface area contributed by atoms with E-state index in [2.05, 4.69) is 67.4 Å². The van der Waals surface area contributed by atoms with E-state index in [1.165, 1.54) is 30.9 Å². The summed E-state index contributed by atoms with van der Waals surface area (Å²) in [5.74, 6) is -0.433. The fourth-order valence-electron chi connectivity index (χ4n) is 5.36. The Labute approximate surface area is 224 Å². The number of nitrogens with zero attached hydrogens (tertiary/aromatic N) is 3. The summed E-state index contributed by atoms with van der Waals surface area (Å²) in [6.45, 7) is 24.5. The van der Waals surface area contributed by atoms with Crippen LogP contribution in [0.1, 0.15) is 70.8 Å². The average Bonchev–Trinajstić information content (AvgIpc) is 3.41. The zero-order chi connectivity index (χ0) is 27.0. The van der Waals surface area contributed by atoms with E-state index < -0.39 is 5.83 Å². The number of aromatic nitrogens is 1. The summed E-state index contributed by atoms with van der Waals surface area (Å²) in [5, 5.41) is 7.20. The van der Waals surface area contributed by atoms with Crippen molar-refractivity contribution in [1.82, 2.24) is 20.5 Å². The summed E-state index contributed by atoms with van der Waals surface area (Å²) in [7, 11) is 0. The summed E-state index contributed by atoms with van der Waals surface area (Å²) >= 11 is 0. The molecule has 1 fully saturated rings. The van der Waals surface area contributed by atoms with Gasteiger partial charge in [0.05, 0.1) is 11.4 Å². The van der Waals surface area contributed by atoms with Gasteiger partial charge in [-0.15, -0.1) is 0 Å². The van der Waals surface area contributed by atoms with E-state index in [9.17, 15) is 4.39 Å². The molecule has 0 spiro atoms. The number of pyridine rings is 1. The van der Waals surface area contributed by atoms with Crippen LogP contribution in [0, 0.1) is 0 Å². The molecule has 0 aliphatic carbocycles. The fourth-order valence-corrected chi connectivity index (χ4v) is 5.36. The van der Waals surface area contributed by atoms with Crippen LogP contribution in [0.5, 0.6) is 0 Å². The number of aryl methyl sites for hydroxylation is 1. The van der Waals surface area contributed by atoms with Crippen LogP contribution in [0.25, 0.3) is 0 Å². The van der Waals surface area contributed by atoms with Crippen LogP contribution in [0.4, 0.5) is 10.1 Å². The average molecular weight is 510 g/mol. The van der Waals surface area contributed by atoms with Gasteiger partial charge in [0.15, 0.2) is 0 Å². The Morgan fingerprint density at radius 3 is 2.73 bits per heavy atom. The lowest BCUT2D eigenvalue weighted by molar-refractivity contribution is 0.269. The number of nitrogens with one attached hydrogen (secondary N) is 2. The highest BCUT2D eigenvalue weighted by atomic mass is 19.1. The Morgan fingerprint density at radius 1 is 1.27 bits per heavy atom. The minimum atomic E-state index is -0.433. The first-order chi connectivity index (χ1) is 17.7. The molecule has 1 atom stereocenters. The number of allylic oxidation sites excluding steroid dienone is 5. The third-order valence-corrected chi connectivity index (χ3v) is 7.55. The zero-order valence-corrected chi connectivity index (χ0v) is 23.8. The van der Waals surface area contributed by atoms with Crippen molar-refractivity contribution in [3.8, 4) is 0 Å². The van der Waals surface area contributed by atoms with Crippen LogP contribution in [0.15, 0.2) is 54.5 Å². The van der Waals surface area contributed by atoms with Gasteiger partial charge in [-0.05, 0) is 56.0 Å². The van der Waals surface area contributed by atoms with Crippen molar-refractivity contribution in [3.05, 3.63) is 71.5 Å². The van der Waals surface area contributed by atoms with Crippen molar-refractivity contribution in [2.24, 2.45) is 0 Å². The van der Waals surface area contributed by atoms with E-state index in [0.717, 1.165) is 74.2 Å². The van der Waals surface area contributed by atoms with Crippen LogP contribution in [0.2, 0.25) is 0 Å². The van der Waals surface area contributed by atoms with E-state index in [4.69, 9.17) is 4.98 Å². The fraction of sp³-hybridized carbons (Fsp3) is 0.581. The Kier molecular flexibility index (Phi) is 10.7. The summed E-state index contributed by atoms with van der Waals surface area (Å²) in [4.78, 5) is 10.1. The van der Waals surface area contributed by atoms with Crippen molar-refractivity contribution in [3.63, 3.8) is 0 Å². The molecule has 37 heavy (non-hydrogen) atoms. The second kappa shape index (κ2) is 13.5. The molecule has 1 aromatic rings. The van der Waals surface area contributed by atoms with Gasteiger partial charge in [0.1, 0.15) is 5.83 Å². The monoisotopic (exact) mass is 509 g/mol. The molecule has 0 bridgehead atoms. The molecule has 3 rings (SSSR count). The van der Waals surface area contributed by atoms with Crippen molar-refractivity contribution < 1.29 is 4.39 Å². The molecule has 1 saturated heterocycles. The standard InChI is InChI=1S/C31H48FN5/c1-8-11-12-15-33-18-27-19-34-22-36(27)20-24(5)37-21-31(6,7)30-29(37)17-26(28(10-3)35-30)16-25(9-2)14-13-23(4)32/h9,13-14,17,27,33-34H,4-5,8,10-12,15-16,18-22H2,1-3,6-7H3/b14-13-,25-9+. The quantitative estimate of drug-likeness (QED) is 0.245. The van der Waals surface area contributed by atoms with Gasteiger partial charge in [-0.25, -0.2) is 4.39 Å². The maximum Gasteiger partial charge on any atom is 0.116 e. The number of fused-ring (bicyclic) bond motifs is 1. The van der Waals surface area contributed by atoms with Crippen molar-refractivity contribution in [2.45, 2.75) is 78.2 Å². The predicted molar refractivity (Wildman–Crippen MR) is 156 cm³/mol. The molecular formula is C31H48FN5. The molecule has 2 N–H and O–H groups in total. The highest BCUT2D eigenvalue weighted by Gasteiger charge is 2.39. The minimum absolute atomic E-state index is 0.0560. The molecule has 0 aromatic carbocycles. The minimum Gasteiger partial charge on any atom is -0.342 e. The first-order valence-electron chi connectivity index (χ1n) is 14.0. The van der Waals surface area contributed by atoms with E-state index in [-0.39, 0.29) is 5.41 Å². The molecule has 2 aliphatic rings. The second-order valence-corrected chi connectivity index (χ2v) is 11.1. The van der Waals surface area contributed by atoms with Gasteiger partial charge in [0, 0.05) is 55.7 Å². The maximum absolute atomic E-state index is 13.3. The van der Waals surface area contributed by atoms with Crippen molar-refractivity contribution in [2.75, 3.05) is 44.3 Å². The van der Waals surface area contributed by atoms with Crippen LogP contribution in [-0.4, -0.2) is 55.3 Å². The normalized spacial score (nSPS) is 19.7. The highest BCUT2D eigenvalue weighted by molar-refractivity contribution is 5.65. The number of anilines is 1. The molecule has 0 saturated carbocycles. The number of unbranched alkanes of at least 4 members (excludes halogenated alkanes) is 2. The van der Waals surface area contributed by atoms with Crippen molar-refractivity contribution in [1.29, 1.82) is 0 Å². The molecule has 204 valence electrons. The first-order valence-corrected chi connectivity index (χ1v) is 14.0. The first kappa shape index (κ1) is 29.3. The number of rotatable bonds is 14. The summed E-state index contributed by atoms with van der Waals surface area (Å²) < 4.78 is 13.3. The molecule has 5 nitrogen and oxygen atoms in total. The molecule has 6 heteroatoms. The van der Waals surface area contributed by atoms with Gasteiger partial charge in [0.25, 0.3) is 0 Å². The molecule has 1 aromatic heterocycles.